The van der Waals surface area contributed by atoms with Crippen LogP contribution in [0.3, 0.4) is 0 Å². The summed E-state index contributed by atoms with van der Waals surface area (Å²) in [6.07, 6.45) is 6.48. The summed E-state index contributed by atoms with van der Waals surface area (Å²) in [4.78, 5) is 18.4. The van der Waals surface area contributed by atoms with Crippen molar-refractivity contribution in [2.45, 2.75) is 61.6 Å². The van der Waals surface area contributed by atoms with E-state index in [1.165, 1.54) is 10.9 Å². The molecule has 0 aliphatic carbocycles. The Balaban J connectivity index is 1.08. The summed E-state index contributed by atoms with van der Waals surface area (Å²) in [6, 6.07) is 33.4. The van der Waals surface area contributed by atoms with Gasteiger partial charge in [-0.15, -0.1) is 0 Å². The summed E-state index contributed by atoms with van der Waals surface area (Å²) in [5, 5.41) is 12.0. The maximum absolute atomic E-state index is 13.6. The molecule has 56 heavy (non-hydrogen) atoms. The summed E-state index contributed by atoms with van der Waals surface area (Å²) in [5.74, 6) is -0.931. The molecule has 7 rings (SSSR count). The maximum Gasteiger partial charge on any atom is 0.305 e. The smallest absolute Gasteiger partial charge is 0.305 e. The molecule has 0 saturated carbocycles. The van der Waals surface area contributed by atoms with Crippen molar-refractivity contribution in [3.8, 4) is 0 Å². The normalized spacial score (nSPS) is 17.7. The highest BCUT2D eigenvalue weighted by molar-refractivity contribution is 7.90. The van der Waals surface area contributed by atoms with Gasteiger partial charge in [-0.05, 0) is 94.2 Å². The fraction of sp³-hybridized carbons (Fsp3) is 0.283. The molecule has 5 aromatic rings. The van der Waals surface area contributed by atoms with Crippen LogP contribution in [0.15, 0.2) is 132 Å². The number of hydrazine groups is 1. The first-order chi connectivity index (χ1) is 26.6. The van der Waals surface area contributed by atoms with Crippen LogP contribution in [-0.2, 0) is 31.2 Å². The average molecular weight is 770 g/mol. The minimum Gasteiger partial charge on any atom is -0.481 e. The molecule has 1 unspecified atom stereocenters. The molecule has 0 bridgehead atoms. The van der Waals surface area contributed by atoms with Crippen molar-refractivity contribution in [2.75, 3.05) is 53.2 Å². The molecule has 3 N–H and O–H groups in total. The average Bonchev–Trinajstić information content (AvgIpc) is 3.50. The van der Waals surface area contributed by atoms with Crippen LogP contribution in [0.4, 0.5) is 28.4 Å². The molecule has 2 heterocycles. The van der Waals surface area contributed by atoms with Gasteiger partial charge in [-0.1, -0.05) is 82.3 Å². The fourth-order valence-electron chi connectivity index (χ4n) is 8.43. The van der Waals surface area contributed by atoms with E-state index in [0.717, 1.165) is 50.6 Å². The number of sulfone groups is 1. The van der Waals surface area contributed by atoms with Crippen molar-refractivity contribution in [3.05, 3.63) is 144 Å². The topological polar surface area (TPSA) is 105 Å². The van der Waals surface area contributed by atoms with E-state index in [1.807, 2.05) is 67.5 Å². The largest absolute Gasteiger partial charge is 0.481 e. The monoisotopic (exact) mass is 769 g/mol. The van der Waals surface area contributed by atoms with Gasteiger partial charge in [0.25, 0.3) is 0 Å². The second-order valence-corrected chi connectivity index (χ2v) is 18.1. The lowest BCUT2D eigenvalue weighted by atomic mass is 9.79. The van der Waals surface area contributed by atoms with Crippen molar-refractivity contribution >= 4 is 55.0 Å². The first kappa shape index (κ1) is 38.5. The number of nitrogens with zero attached hydrogens (tertiary/aromatic N) is 3. The van der Waals surface area contributed by atoms with Crippen LogP contribution < -0.4 is 25.6 Å². The third kappa shape index (κ3) is 7.21. The molecule has 2 aliphatic rings. The zero-order chi connectivity index (χ0) is 40.0. The van der Waals surface area contributed by atoms with Crippen LogP contribution in [0.2, 0.25) is 0 Å². The van der Waals surface area contributed by atoms with Crippen LogP contribution in [0.25, 0.3) is 10.8 Å². The number of aliphatic carboxylic acids is 1. The van der Waals surface area contributed by atoms with Crippen molar-refractivity contribution in [2.24, 2.45) is 0 Å². The highest BCUT2D eigenvalue weighted by atomic mass is 32.2. The van der Waals surface area contributed by atoms with Crippen LogP contribution in [0.5, 0.6) is 0 Å². The molecule has 0 spiro atoms. The van der Waals surface area contributed by atoms with Gasteiger partial charge in [0.2, 0.25) is 0 Å². The maximum atomic E-state index is 13.6. The van der Waals surface area contributed by atoms with Crippen LogP contribution in [-0.4, -0.2) is 53.2 Å². The van der Waals surface area contributed by atoms with E-state index >= 15 is 0 Å². The van der Waals surface area contributed by atoms with E-state index in [2.05, 4.69) is 104 Å². The zero-order valence-electron chi connectivity index (χ0n) is 33.2. The Labute approximate surface area is 330 Å². The Morgan fingerprint density at radius 2 is 1.50 bits per heavy atom. The number of hydrogen-bond donors (Lipinski definition) is 3. The minimum atomic E-state index is -3.61. The number of carboxylic acids is 1. The molecule has 5 aromatic carbocycles. The number of carbonyl (C=O) groups is 1. The molecule has 0 aromatic heterocycles. The highest BCUT2D eigenvalue weighted by Crippen LogP contribution is 2.51. The standard InChI is InChI=1S/C46H51N5O4S/c1-45(2)38-29-31(30-56(54,55)36-23-19-34(20-24-36)48-47-33-17-21-35(22-18-33)49(5)6)15-25-39(38)50(7)41(45)13-10-14-42-46(3,4)44-37-12-9-8-11-32(37)16-26-40(44)51(42)28-27-43(52)53/h8-26,29,41,47-48H,27-28,30H2,1-7H3,(H,52,53)/b13-10+,42-14+. The van der Waals surface area contributed by atoms with Gasteiger partial charge in [-0.3, -0.25) is 4.79 Å². The van der Waals surface area contributed by atoms with Gasteiger partial charge in [-0.2, -0.15) is 0 Å². The Morgan fingerprint density at radius 1 is 0.857 bits per heavy atom. The predicted octanol–water partition coefficient (Wildman–Crippen LogP) is 9.13. The van der Waals surface area contributed by atoms with Gasteiger partial charge in [0, 0.05) is 61.3 Å². The van der Waals surface area contributed by atoms with E-state index in [9.17, 15) is 18.3 Å². The first-order valence-electron chi connectivity index (χ1n) is 19.0. The highest BCUT2D eigenvalue weighted by Gasteiger charge is 2.43. The first-order valence-corrected chi connectivity index (χ1v) is 20.6. The summed E-state index contributed by atoms with van der Waals surface area (Å²) < 4.78 is 27.3. The zero-order valence-corrected chi connectivity index (χ0v) is 34.0. The number of allylic oxidation sites excluding steroid dienone is 3. The summed E-state index contributed by atoms with van der Waals surface area (Å²) in [6.45, 7) is 9.20. The molecule has 10 heteroatoms. The molecule has 9 nitrogen and oxygen atoms in total. The molecule has 0 radical (unpaired) electrons. The van der Waals surface area contributed by atoms with Gasteiger partial charge in [0.05, 0.1) is 34.5 Å². The van der Waals surface area contributed by atoms with E-state index in [-0.39, 0.29) is 33.9 Å². The third-order valence-corrected chi connectivity index (χ3v) is 13.2. The molecule has 290 valence electrons. The number of carboxylic acid groups (broad SMARTS) is 1. The number of hydrogen-bond acceptors (Lipinski definition) is 8. The molecule has 2 aliphatic heterocycles. The lowest BCUT2D eigenvalue weighted by Crippen LogP contribution is -2.37. The molecule has 0 fully saturated rings. The number of nitrogens with one attached hydrogen (secondary N) is 2. The molecule has 1 atom stereocenters. The second-order valence-electron chi connectivity index (χ2n) is 16.1. The minimum absolute atomic E-state index is 0.000900. The van der Waals surface area contributed by atoms with Crippen molar-refractivity contribution in [1.29, 1.82) is 0 Å². The lowest BCUT2D eigenvalue weighted by Gasteiger charge is -2.30. The Hall–Kier alpha value is -5.74. The van der Waals surface area contributed by atoms with Gasteiger partial charge in [0.1, 0.15) is 0 Å². The number of fused-ring (bicyclic) bond motifs is 4. The van der Waals surface area contributed by atoms with Crippen molar-refractivity contribution in [1.82, 2.24) is 0 Å². The SMILES string of the molecule is CN(C)c1ccc(NNc2ccc(S(=O)(=O)Cc3ccc4c(c3)C(C)(C)C(/C=C/C=C3/N(CCC(=O)O)c5ccc6ccccc6c5C3(C)C)N4C)cc2)cc1. The van der Waals surface area contributed by atoms with E-state index < -0.39 is 15.8 Å². The lowest BCUT2D eigenvalue weighted by molar-refractivity contribution is -0.136. The number of rotatable bonds is 12. The van der Waals surface area contributed by atoms with Crippen LogP contribution in [0, 0.1) is 0 Å². The second kappa shape index (κ2) is 14.7. The number of likely N-dealkylation sites (N-methyl/N-ethyl adjacent to an activating group) is 1. The molecular formula is C46H51N5O4S. The quantitative estimate of drug-likeness (QED) is 0.107. The van der Waals surface area contributed by atoms with E-state index in [0.29, 0.717) is 6.54 Å². The Bertz CT molecular complexity index is 2450. The summed E-state index contributed by atoms with van der Waals surface area (Å²) >= 11 is 0. The number of anilines is 5. The van der Waals surface area contributed by atoms with Crippen molar-refractivity contribution in [3.63, 3.8) is 0 Å². The van der Waals surface area contributed by atoms with Gasteiger partial charge in [0.15, 0.2) is 9.84 Å². The van der Waals surface area contributed by atoms with E-state index in [4.69, 9.17) is 0 Å². The fourth-order valence-corrected chi connectivity index (χ4v) is 9.77. The Morgan fingerprint density at radius 3 is 2.16 bits per heavy atom. The predicted molar refractivity (Wildman–Crippen MR) is 231 cm³/mol. The van der Waals surface area contributed by atoms with Crippen LogP contribution in [0.1, 0.15) is 50.8 Å². The van der Waals surface area contributed by atoms with E-state index in [1.54, 1.807) is 24.3 Å². The molecule has 0 amide bonds. The summed E-state index contributed by atoms with van der Waals surface area (Å²) in [5.41, 5.74) is 14.6. The van der Waals surface area contributed by atoms with Gasteiger partial charge >= 0.3 is 5.97 Å². The summed E-state index contributed by atoms with van der Waals surface area (Å²) in [7, 11) is 2.46. The number of benzene rings is 5. The third-order valence-electron chi connectivity index (χ3n) is 11.4. The van der Waals surface area contributed by atoms with Crippen molar-refractivity contribution < 1.29 is 18.3 Å². The molecule has 0 saturated heterocycles. The van der Waals surface area contributed by atoms with Crippen LogP contribution >= 0.6 is 0 Å². The van der Waals surface area contributed by atoms with Gasteiger partial charge < -0.3 is 30.7 Å². The van der Waals surface area contributed by atoms with Gasteiger partial charge in [-0.25, -0.2) is 8.42 Å². The molecular weight excluding hydrogens is 719 g/mol. The Kier molecular flexibility index (Phi) is 10.1.